The molecule has 1 N–H and O–H groups in total. The molecular weight excluding hydrogens is 410 g/mol. The highest BCUT2D eigenvalue weighted by molar-refractivity contribution is 7.98. The molecule has 1 amide bonds. The number of hydrogen-bond donors (Lipinski definition) is 1. The number of likely N-dealkylation sites (tertiary alicyclic amines) is 1. The molecule has 4 nitrogen and oxygen atoms in total. The van der Waals surface area contributed by atoms with E-state index < -0.39 is 0 Å². The maximum atomic E-state index is 13.3. The van der Waals surface area contributed by atoms with Crippen LogP contribution in [-0.4, -0.2) is 33.9 Å². The molecule has 0 bridgehead atoms. The van der Waals surface area contributed by atoms with Gasteiger partial charge in [0.1, 0.15) is 0 Å². The van der Waals surface area contributed by atoms with Crippen LogP contribution in [0.25, 0.3) is 10.9 Å². The molecule has 4 aromatic rings. The summed E-state index contributed by atoms with van der Waals surface area (Å²) in [5.41, 5.74) is 6.30. The van der Waals surface area contributed by atoms with Crippen LogP contribution in [-0.2, 0) is 5.75 Å². The van der Waals surface area contributed by atoms with E-state index in [4.69, 9.17) is 0 Å². The van der Waals surface area contributed by atoms with Crippen LogP contribution in [0.1, 0.15) is 40.4 Å². The number of rotatable bonds is 5. The minimum Gasteiger partial charge on any atom is -0.361 e. The zero-order valence-electron chi connectivity index (χ0n) is 16.6. The van der Waals surface area contributed by atoms with E-state index >= 15 is 0 Å². The highest BCUT2D eigenvalue weighted by Gasteiger charge is 2.27. The van der Waals surface area contributed by atoms with E-state index in [-0.39, 0.29) is 5.91 Å². The van der Waals surface area contributed by atoms with Crippen LogP contribution in [0.4, 0.5) is 0 Å². The van der Waals surface area contributed by atoms with Crippen LogP contribution in [0.5, 0.6) is 0 Å². The van der Waals surface area contributed by atoms with Crippen LogP contribution < -0.4 is 0 Å². The average molecular weight is 434 g/mol. The third-order valence-electron chi connectivity index (χ3n) is 5.82. The van der Waals surface area contributed by atoms with E-state index in [9.17, 15) is 4.79 Å². The van der Waals surface area contributed by atoms with E-state index in [1.54, 1.807) is 23.1 Å². The van der Waals surface area contributed by atoms with E-state index in [2.05, 4.69) is 45.8 Å². The Hall–Kier alpha value is -2.57. The molecule has 152 valence electrons. The fraction of sp³-hybridized carbons (Fsp3) is 0.250. The Bertz CT molecular complexity index is 1140. The fourth-order valence-electron chi connectivity index (χ4n) is 4.23. The lowest BCUT2D eigenvalue weighted by Crippen LogP contribution is -2.38. The number of fused-ring (bicyclic) bond motifs is 1. The van der Waals surface area contributed by atoms with Gasteiger partial charge in [0.15, 0.2) is 0 Å². The molecule has 1 saturated heterocycles. The van der Waals surface area contributed by atoms with Crippen molar-refractivity contribution >= 4 is 39.9 Å². The normalized spacial score (nSPS) is 15.0. The second kappa shape index (κ2) is 8.66. The summed E-state index contributed by atoms with van der Waals surface area (Å²) >= 11 is 3.30. The van der Waals surface area contributed by atoms with Crippen molar-refractivity contribution in [2.75, 3.05) is 13.1 Å². The quantitative estimate of drug-likeness (QED) is 0.397. The lowest BCUT2D eigenvalue weighted by molar-refractivity contribution is 0.0710. The zero-order chi connectivity index (χ0) is 20.3. The highest BCUT2D eigenvalue weighted by atomic mass is 32.2. The minimum absolute atomic E-state index is 0.147. The Morgan fingerprint density at radius 2 is 1.93 bits per heavy atom. The predicted octanol–water partition coefficient (Wildman–Crippen LogP) is 5.94. The number of benzene rings is 2. The van der Waals surface area contributed by atoms with Crippen molar-refractivity contribution in [1.29, 1.82) is 0 Å². The summed E-state index contributed by atoms with van der Waals surface area (Å²) in [6.45, 7) is 1.60. The van der Waals surface area contributed by atoms with Crippen molar-refractivity contribution in [1.82, 2.24) is 14.9 Å². The zero-order valence-corrected chi connectivity index (χ0v) is 18.2. The van der Waals surface area contributed by atoms with E-state index in [0.29, 0.717) is 5.92 Å². The lowest BCUT2D eigenvalue weighted by atomic mass is 9.89. The Morgan fingerprint density at radius 1 is 1.13 bits per heavy atom. The van der Waals surface area contributed by atoms with Gasteiger partial charge < -0.3 is 9.88 Å². The number of carbonyl (C=O) groups excluding carboxylic acids is 1. The second-order valence-electron chi connectivity index (χ2n) is 7.62. The van der Waals surface area contributed by atoms with Gasteiger partial charge in [-0.3, -0.25) is 4.79 Å². The Morgan fingerprint density at radius 3 is 2.77 bits per heavy atom. The number of para-hydroxylation sites is 1. The summed E-state index contributed by atoms with van der Waals surface area (Å²) in [6.07, 6.45) is 4.15. The molecule has 0 aliphatic carbocycles. The van der Waals surface area contributed by atoms with Crippen molar-refractivity contribution in [3.8, 4) is 0 Å². The molecule has 3 heterocycles. The first-order valence-electron chi connectivity index (χ1n) is 10.2. The van der Waals surface area contributed by atoms with Gasteiger partial charge in [0.25, 0.3) is 5.91 Å². The third kappa shape index (κ3) is 3.89. The summed E-state index contributed by atoms with van der Waals surface area (Å²) < 4.78 is 0. The van der Waals surface area contributed by atoms with Crippen molar-refractivity contribution in [3.63, 3.8) is 0 Å². The number of H-pyrrole nitrogens is 1. The van der Waals surface area contributed by atoms with Gasteiger partial charge in [-0.2, -0.15) is 0 Å². The van der Waals surface area contributed by atoms with Gasteiger partial charge in [-0.1, -0.05) is 30.3 Å². The van der Waals surface area contributed by atoms with Crippen LogP contribution in [0.2, 0.25) is 0 Å². The van der Waals surface area contributed by atoms with Gasteiger partial charge in [-0.15, -0.1) is 23.1 Å². The van der Waals surface area contributed by atoms with Gasteiger partial charge in [-0.25, -0.2) is 4.98 Å². The molecule has 0 radical (unpaired) electrons. The Labute approximate surface area is 184 Å². The first-order valence-corrected chi connectivity index (χ1v) is 12.2. The van der Waals surface area contributed by atoms with Crippen LogP contribution >= 0.6 is 23.1 Å². The number of thiazole rings is 1. The molecule has 5 rings (SSSR count). The first-order chi connectivity index (χ1) is 14.8. The molecule has 30 heavy (non-hydrogen) atoms. The molecular formula is C24H23N3OS2. The topological polar surface area (TPSA) is 49.0 Å². The summed E-state index contributed by atoms with van der Waals surface area (Å²) in [4.78, 5) is 24.1. The van der Waals surface area contributed by atoms with E-state index in [1.165, 1.54) is 16.5 Å². The lowest BCUT2D eigenvalue weighted by Gasteiger charge is -2.32. The number of carbonyl (C=O) groups is 1. The number of hydrogen-bond acceptors (Lipinski definition) is 4. The maximum Gasteiger partial charge on any atom is 0.254 e. The summed E-state index contributed by atoms with van der Waals surface area (Å²) in [7, 11) is 0. The molecule has 0 spiro atoms. The first kappa shape index (κ1) is 19.4. The molecule has 1 fully saturated rings. The van der Waals surface area contributed by atoms with Gasteiger partial charge in [0, 0.05) is 46.2 Å². The number of thioether (sulfide) groups is 1. The Balaban J connectivity index is 1.27. The smallest absolute Gasteiger partial charge is 0.254 e. The molecule has 0 saturated carbocycles. The van der Waals surface area contributed by atoms with Gasteiger partial charge in [0.2, 0.25) is 0 Å². The van der Waals surface area contributed by atoms with Crippen molar-refractivity contribution in [2.24, 2.45) is 0 Å². The number of piperidine rings is 1. The molecule has 1 aliphatic rings. The van der Waals surface area contributed by atoms with Crippen LogP contribution in [0, 0.1) is 0 Å². The monoisotopic (exact) mass is 433 g/mol. The van der Waals surface area contributed by atoms with Gasteiger partial charge in [-0.05, 0) is 42.5 Å². The number of aromatic amines is 1. The Kier molecular flexibility index (Phi) is 5.60. The molecule has 0 unspecified atom stereocenters. The minimum atomic E-state index is 0.147. The van der Waals surface area contributed by atoms with E-state index in [0.717, 1.165) is 47.8 Å². The van der Waals surface area contributed by atoms with Gasteiger partial charge in [0.05, 0.1) is 16.8 Å². The fourth-order valence-corrected chi connectivity index (χ4v) is 5.84. The van der Waals surface area contributed by atoms with Gasteiger partial charge >= 0.3 is 0 Å². The van der Waals surface area contributed by atoms with Crippen molar-refractivity contribution in [2.45, 2.75) is 29.4 Å². The number of aromatic nitrogens is 2. The van der Waals surface area contributed by atoms with Crippen molar-refractivity contribution < 1.29 is 4.79 Å². The third-order valence-corrected chi connectivity index (χ3v) is 7.56. The van der Waals surface area contributed by atoms with Crippen LogP contribution in [0.15, 0.2) is 70.5 Å². The maximum absolute atomic E-state index is 13.3. The van der Waals surface area contributed by atoms with Crippen LogP contribution in [0.3, 0.4) is 0 Å². The standard InChI is InChI=1S/C24H23N3OS2/c28-24(20-6-2-4-8-23(20)30-15-18-14-29-16-26-18)27-11-9-17(10-12-27)21-13-25-22-7-3-1-5-19(21)22/h1-8,13-14,16-17,25H,9-12,15H2. The van der Waals surface area contributed by atoms with Crippen molar-refractivity contribution in [3.05, 3.63) is 82.4 Å². The molecule has 2 aromatic heterocycles. The largest absolute Gasteiger partial charge is 0.361 e. The molecule has 2 aromatic carbocycles. The molecule has 6 heteroatoms. The summed E-state index contributed by atoms with van der Waals surface area (Å²) in [5, 5.41) is 3.37. The summed E-state index contributed by atoms with van der Waals surface area (Å²) in [5.74, 6) is 1.43. The van der Waals surface area contributed by atoms with E-state index in [1.807, 2.05) is 34.7 Å². The number of nitrogens with one attached hydrogen (secondary N) is 1. The number of amides is 1. The average Bonchev–Trinajstić information content (AvgIpc) is 3.47. The number of nitrogens with zero attached hydrogens (tertiary/aromatic N) is 2. The summed E-state index contributed by atoms with van der Waals surface area (Å²) in [6, 6.07) is 16.4. The highest BCUT2D eigenvalue weighted by Crippen LogP contribution is 2.34. The molecule has 0 atom stereocenters. The molecule has 1 aliphatic heterocycles. The SMILES string of the molecule is O=C(c1ccccc1SCc1cscn1)N1CCC(c2c[nH]c3ccccc23)CC1. The predicted molar refractivity (Wildman–Crippen MR) is 124 cm³/mol. The second-order valence-corrected chi connectivity index (χ2v) is 9.36.